The van der Waals surface area contributed by atoms with Crippen molar-refractivity contribution in [1.29, 1.82) is 0 Å². The van der Waals surface area contributed by atoms with E-state index in [-0.39, 0.29) is 11.3 Å². The van der Waals surface area contributed by atoms with E-state index in [1.165, 1.54) is 0 Å². The zero-order valence-electron chi connectivity index (χ0n) is 17.2. The molecular formula is C25H25NO3S. The Morgan fingerprint density at radius 1 is 1.03 bits per heavy atom. The Morgan fingerprint density at radius 2 is 1.80 bits per heavy atom. The number of amides is 1. The van der Waals surface area contributed by atoms with E-state index in [1.807, 2.05) is 84.6 Å². The number of nitrogens with zero attached hydrogens (tertiary/aromatic N) is 1. The highest BCUT2D eigenvalue weighted by Gasteiger charge is 2.32. The number of carbonyl (C=O) groups is 1. The van der Waals surface area contributed by atoms with E-state index in [2.05, 4.69) is 0 Å². The van der Waals surface area contributed by atoms with Crippen molar-refractivity contribution >= 4 is 17.7 Å². The predicted molar refractivity (Wildman–Crippen MR) is 121 cm³/mol. The first-order chi connectivity index (χ1) is 14.7. The van der Waals surface area contributed by atoms with Gasteiger partial charge in [0.05, 0.1) is 7.11 Å². The summed E-state index contributed by atoms with van der Waals surface area (Å²) in [6, 6.07) is 23.8. The molecule has 4 rings (SSSR count). The molecule has 30 heavy (non-hydrogen) atoms. The number of carbonyl (C=O) groups excluding carboxylic acids is 1. The van der Waals surface area contributed by atoms with Crippen LogP contribution >= 0.6 is 11.8 Å². The monoisotopic (exact) mass is 419 g/mol. The number of benzene rings is 3. The summed E-state index contributed by atoms with van der Waals surface area (Å²) < 4.78 is 11.6. The number of hydrogen-bond acceptors (Lipinski definition) is 4. The number of methoxy groups -OCH3 is 1. The molecule has 0 spiro atoms. The lowest BCUT2D eigenvalue weighted by atomic mass is 10.1. The smallest absolute Gasteiger partial charge is 0.255 e. The summed E-state index contributed by atoms with van der Waals surface area (Å²) in [6.45, 7) is 3.17. The second kappa shape index (κ2) is 9.26. The molecule has 1 fully saturated rings. The highest BCUT2D eigenvalue weighted by atomic mass is 32.2. The molecule has 1 unspecified atom stereocenters. The fourth-order valence-corrected chi connectivity index (χ4v) is 4.86. The van der Waals surface area contributed by atoms with Crippen LogP contribution in [0.2, 0.25) is 0 Å². The molecule has 1 aliphatic rings. The minimum absolute atomic E-state index is 0.0397. The average Bonchev–Trinajstić information content (AvgIpc) is 3.28. The van der Waals surface area contributed by atoms with Crippen molar-refractivity contribution in [3.63, 3.8) is 0 Å². The van der Waals surface area contributed by atoms with Gasteiger partial charge in [-0.2, -0.15) is 0 Å². The molecule has 154 valence electrons. The number of hydrogen-bond donors (Lipinski definition) is 0. The topological polar surface area (TPSA) is 38.8 Å². The zero-order chi connectivity index (χ0) is 20.9. The molecule has 0 bridgehead atoms. The lowest BCUT2D eigenvalue weighted by Gasteiger charge is -2.25. The zero-order valence-corrected chi connectivity index (χ0v) is 18.0. The number of ether oxygens (including phenoxy) is 2. The molecule has 4 nitrogen and oxygen atoms in total. The van der Waals surface area contributed by atoms with Gasteiger partial charge in [-0.25, -0.2) is 0 Å². The molecule has 1 amide bonds. The van der Waals surface area contributed by atoms with Gasteiger partial charge in [0.25, 0.3) is 5.91 Å². The van der Waals surface area contributed by atoms with Crippen LogP contribution in [0, 0.1) is 6.92 Å². The first-order valence-corrected chi connectivity index (χ1v) is 11.0. The molecule has 0 aromatic heterocycles. The summed E-state index contributed by atoms with van der Waals surface area (Å²) in [5.41, 5.74) is 3.90. The van der Waals surface area contributed by atoms with Crippen LogP contribution in [0.4, 0.5) is 0 Å². The molecule has 0 radical (unpaired) electrons. The highest BCUT2D eigenvalue weighted by Crippen LogP contribution is 2.42. The summed E-state index contributed by atoms with van der Waals surface area (Å²) >= 11 is 1.78. The first-order valence-electron chi connectivity index (χ1n) is 10.0. The Balaban J connectivity index is 1.58. The summed E-state index contributed by atoms with van der Waals surface area (Å²) in [5, 5.41) is -0.0397. The standard InChI is InChI=1S/C25H25NO3S/c1-18-8-6-7-11-21(18)24(27)26-14-15-30-25(26)20-12-13-22(28-2)23(16-20)29-17-19-9-4-3-5-10-19/h3-13,16,25H,14-15,17H2,1-2H3. The Hall–Kier alpha value is -2.92. The van der Waals surface area contributed by atoms with Gasteiger partial charge < -0.3 is 14.4 Å². The quantitative estimate of drug-likeness (QED) is 0.531. The van der Waals surface area contributed by atoms with Gasteiger partial charge in [0.15, 0.2) is 11.5 Å². The average molecular weight is 420 g/mol. The van der Waals surface area contributed by atoms with E-state index >= 15 is 0 Å². The van der Waals surface area contributed by atoms with Gasteiger partial charge in [0.2, 0.25) is 0 Å². The van der Waals surface area contributed by atoms with Crippen LogP contribution in [0.15, 0.2) is 72.8 Å². The first kappa shape index (κ1) is 20.4. The normalized spacial score (nSPS) is 15.8. The van der Waals surface area contributed by atoms with Crippen LogP contribution in [-0.4, -0.2) is 30.2 Å². The fraction of sp³-hybridized carbons (Fsp3) is 0.240. The van der Waals surface area contributed by atoms with Crippen LogP contribution in [-0.2, 0) is 6.61 Å². The number of thioether (sulfide) groups is 1. The summed E-state index contributed by atoms with van der Waals surface area (Å²) in [6.07, 6.45) is 0. The largest absolute Gasteiger partial charge is 0.493 e. The third-order valence-corrected chi connectivity index (χ3v) is 6.50. The maximum absolute atomic E-state index is 13.2. The number of rotatable bonds is 6. The van der Waals surface area contributed by atoms with Crippen LogP contribution in [0.5, 0.6) is 11.5 Å². The van der Waals surface area contributed by atoms with Gasteiger partial charge in [0.1, 0.15) is 12.0 Å². The van der Waals surface area contributed by atoms with Gasteiger partial charge in [0, 0.05) is 17.9 Å². The molecule has 3 aromatic rings. The van der Waals surface area contributed by atoms with E-state index in [0.29, 0.717) is 18.1 Å². The lowest BCUT2D eigenvalue weighted by molar-refractivity contribution is 0.0759. The molecule has 1 aliphatic heterocycles. The minimum atomic E-state index is -0.0397. The van der Waals surface area contributed by atoms with Crippen LogP contribution in [0.3, 0.4) is 0 Å². The molecule has 1 saturated heterocycles. The van der Waals surface area contributed by atoms with E-state index < -0.39 is 0 Å². The summed E-state index contributed by atoms with van der Waals surface area (Å²) in [7, 11) is 1.64. The summed E-state index contributed by atoms with van der Waals surface area (Å²) in [4.78, 5) is 15.2. The van der Waals surface area contributed by atoms with E-state index in [0.717, 1.165) is 34.6 Å². The van der Waals surface area contributed by atoms with Crippen molar-refractivity contribution in [3.8, 4) is 11.5 Å². The van der Waals surface area contributed by atoms with Crippen LogP contribution in [0.1, 0.15) is 32.4 Å². The van der Waals surface area contributed by atoms with Crippen molar-refractivity contribution in [2.75, 3.05) is 19.4 Å². The van der Waals surface area contributed by atoms with Gasteiger partial charge >= 0.3 is 0 Å². The fourth-order valence-electron chi connectivity index (χ4n) is 3.62. The summed E-state index contributed by atoms with van der Waals surface area (Å²) in [5.74, 6) is 2.36. The molecular weight excluding hydrogens is 394 g/mol. The molecule has 1 atom stereocenters. The molecule has 0 aliphatic carbocycles. The SMILES string of the molecule is COc1ccc(C2SCCN2C(=O)c2ccccc2C)cc1OCc1ccccc1. The lowest BCUT2D eigenvalue weighted by Crippen LogP contribution is -2.30. The molecule has 0 N–H and O–H groups in total. The van der Waals surface area contributed by atoms with Crippen LogP contribution < -0.4 is 9.47 Å². The molecule has 5 heteroatoms. The Kier molecular flexibility index (Phi) is 6.29. The van der Waals surface area contributed by atoms with Crippen molar-refractivity contribution in [2.24, 2.45) is 0 Å². The van der Waals surface area contributed by atoms with Crippen molar-refractivity contribution in [1.82, 2.24) is 4.90 Å². The second-order valence-electron chi connectivity index (χ2n) is 7.22. The third-order valence-electron chi connectivity index (χ3n) is 5.24. The van der Waals surface area contributed by atoms with Gasteiger partial charge in [-0.05, 0) is 41.8 Å². The highest BCUT2D eigenvalue weighted by molar-refractivity contribution is 7.99. The van der Waals surface area contributed by atoms with E-state index in [4.69, 9.17) is 9.47 Å². The van der Waals surface area contributed by atoms with Gasteiger partial charge in [-0.15, -0.1) is 11.8 Å². The molecule has 1 heterocycles. The molecule has 3 aromatic carbocycles. The molecule has 0 saturated carbocycles. The predicted octanol–water partition coefficient (Wildman–Crippen LogP) is 5.47. The van der Waals surface area contributed by atoms with Crippen molar-refractivity contribution in [3.05, 3.63) is 95.1 Å². The van der Waals surface area contributed by atoms with E-state index in [1.54, 1.807) is 18.9 Å². The Labute approximate surface area is 181 Å². The Morgan fingerprint density at radius 3 is 2.57 bits per heavy atom. The van der Waals surface area contributed by atoms with Gasteiger partial charge in [-0.3, -0.25) is 4.79 Å². The van der Waals surface area contributed by atoms with Crippen molar-refractivity contribution < 1.29 is 14.3 Å². The van der Waals surface area contributed by atoms with Crippen molar-refractivity contribution in [2.45, 2.75) is 18.9 Å². The maximum atomic E-state index is 13.2. The third kappa shape index (κ3) is 4.31. The number of aryl methyl sites for hydroxylation is 1. The second-order valence-corrected chi connectivity index (χ2v) is 8.41. The minimum Gasteiger partial charge on any atom is -0.493 e. The van der Waals surface area contributed by atoms with Gasteiger partial charge in [-0.1, -0.05) is 54.6 Å². The maximum Gasteiger partial charge on any atom is 0.255 e. The van der Waals surface area contributed by atoms with E-state index in [9.17, 15) is 4.79 Å². The van der Waals surface area contributed by atoms with Crippen LogP contribution in [0.25, 0.3) is 0 Å². The Bertz CT molecular complexity index is 1020.